The summed E-state index contributed by atoms with van der Waals surface area (Å²) in [5.41, 5.74) is 0. The molecular weight excluding hydrogens is 257 g/mol. The molecule has 0 bridgehead atoms. The van der Waals surface area contributed by atoms with Crippen LogP contribution in [0.1, 0.15) is 13.8 Å². The number of aryl methyl sites for hydroxylation is 2. The number of aromatic nitrogens is 2. The van der Waals surface area contributed by atoms with Crippen LogP contribution in [0.3, 0.4) is 0 Å². The van der Waals surface area contributed by atoms with Gasteiger partial charge >= 0.3 is 33.0 Å². The van der Waals surface area contributed by atoms with E-state index in [0.29, 0.717) is 0 Å². The summed E-state index contributed by atoms with van der Waals surface area (Å²) in [6, 6.07) is 0. The fourth-order valence-electron chi connectivity index (χ4n) is 0.813. The molecule has 0 aliphatic carbocycles. The second-order valence-electron chi connectivity index (χ2n) is 3.03. The monoisotopic (exact) mass is 270 g/mol. The molecule has 0 saturated heterocycles. The first-order chi connectivity index (χ1) is 6.81. The number of nitrogens with zero attached hydrogens (tertiary/aromatic N) is 2. The van der Waals surface area contributed by atoms with Gasteiger partial charge in [0.05, 0.1) is 13.1 Å². The molecule has 0 aliphatic rings. The van der Waals surface area contributed by atoms with E-state index in [0.717, 1.165) is 13.1 Å². The Hall–Kier alpha value is -0.780. The first-order valence-electron chi connectivity index (χ1n) is 4.43. The molecule has 0 aliphatic heterocycles. The van der Waals surface area contributed by atoms with Gasteiger partial charge in [0, 0.05) is 0 Å². The summed E-state index contributed by atoms with van der Waals surface area (Å²) < 4.78 is 63.5. The number of halogens is 6. The van der Waals surface area contributed by atoms with Crippen LogP contribution in [0.15, 0.2) is 18.7 Å². The van der Waals surface area contributed by atoms with E-state index in [4.69, 9.17) is 0 Å². The Kier molecular flexibility index (Phi) is 3.72. The van der Waals surface area contributed by atoms with Gasteiger partial charge < -0.3 is 0 Å². The molecule has 0 saturated carbocycles. The summed E-state index contributed by atoms with van der Waals surface area (Å²) in [5, 5.41) is 0. The molecule has 0 atom stereocenters. The molecule has 9 heteroatoms. The van der Waals surface area contributed by atoms with Gasteiger partial charge in [0.2, 0.25) is 6.33 Å². The first-order valence-corrected chi connectivity index (χ1v) is 6.46. The van der Waals surface area contributed by atoms with Gasteiger partial charge in [-0.1, -0.05) is 0 Å². The van der Waals surface area contributed by atoms with Gasteiger partial charge in [0.1, 0.15) is 12.4 Å². The molecule has 0 unspecified atom stereocenters. The summed E-state index contributed by atoms with van der Waals surface area (Å²) in [4.78, 5) is 0. The molecule has 1 aromatic heterocycles. The van der Waals surface area contributed by atoms with Crippen LogP contribution in [0.4, 0.5) is 25.2 Å². The molecule has 1 heterocycles. The molecule has 1 aromatic rings. The van der Waals surface area contributed by atoms with E-state index in [1.165, 1.54) is 0 Å². The third-order valence-electron chi connectivity index (χ3n) is 1.48. The minimum atomic E-state index is -10.7. The van der Waals surface area contributed by atoms with Crippen LogP contribution in [0.5, 0.6) is 0 Å². The Labute approximate surface area is 88.7 Å². The summed E-state index contributed by atoms with van der Waals surface area (Å²) in [6.45, 7) is 6.40. The van der Waals surface area contributed by atoms with E-state index >= 15 is 0 Å². The average molecular weight is 270 g/mol. The van der Waals surface area contributed by atoms with Crippen LogP contribution in [0.2, 0.25) is 0 Å². The zero-order valence-corrected chi connectivity index (χ0v) is 9.65. The third kappa shape index (κ3) is 13.2. The molecule has 0 aromatic carbocycles. The molecule has 0 amide bonds. The Morgan fingerprint density at radius 1 is 1.06 bits per heavy atom. The minimum absolute atomic E-state index is 1.06. The summed E-state index contributed by atoms with van der Waals surface area (Å²) in [5.74, 6) is 0. The molecule has 98 valence electrons. The van der Waals surface area contributed by atoms with E-state index in [9.17, 15) is 25.2 Å². The molecule has 1 rings (SSSR count). The van der Waals surface area contributed by atoms with Crippen molar-refractivity contribution in [3.8, 4) is 0 Å². The number of rotatable bonds is 2. The van der Waals surface area contributed by atoms with Crippen molar-refractivity contribution in [1.29, 1.82) is 0 Å². The quantitative estimate of drug-likeness (QED) is 0.432. The van der Waals surface area contributed by atoms with Crippen LogP contribution >= 0.6 is 7.81 Å². The van der Waals surface area contributed by atoms with E-state index in [1.807, 2.05) is 0 Å². The third-order valence-corrected chi connectivity index (χ3v) is 1.48. The van der Waals surface area contributed by atoms with Gasteiger partial charge in [-0.05, 0) is 13.8 Å². The number of imidazole rings is 1. The Morgan fingerprint density at radius 3 is 1.69 bits per heavy atom. The molecule has 0 N–H and O–H groups in total. The SMILES string of the molecule is CCn1cc[n+](CC)c1.F[P-](F)(F)(F)(F)F. The van der Waals surface area contributed by atoms with Crippen LogP contribution in [-0.2, 0) is 13.1 Å². The molecule has 16 heavy (non-hydrogen) atoms. The van der Waals surface area contributed by atoms with Gasteiger partial charge in [0.25, 0.3) is 0 Å². The fraction of sp³-hybridized carbons (Fsp3) is 0.571. The Morgan fingerprint density at radius 2 is 1.50 bits per heavy atom. The summed E-state index contributed by atoms with van der Waals surface area (Å²) >= 11 is 0. The normalized spacial score (nSPS) is 15.8. The fourth-order valence-corrected chi connectivity index (χ4v) is 0.813. The second kappa shape index (κ2) is 3.91. The molecular formula is C7H13F6N2P. The van der Waals surface area contributed by atoms with E-state index in [2.05, 4.69) is 41.7 Å². The van der Waals surface area contributed by atoms with Crippen molar-refractivity contribution < 1.29 is 29.7 Å². The van der Waals surface area contributed by atoms with Crippen molar-refractivity contribution in [2.24, 2.45) is 0 Å². The standard InChI is InChI=1S/C7H13N2.F6P/c1-3-8-5-6-9(4-2)7-8;1-7(2,3,4,5)6/h5-7H,3-4H2,1-2H3;/q+1;-1. The molecule has 0 spiro atoms. The molecule has 2 nitrogen and oxygen atoms in total. The van der Waals surface area contributed by atoms with Gasteiger partial charge in [-0.15, -0.1) is 0 Å². The van der Waals surface area contributed by atoms with Crippen molar-refractivity contribution in [2.75, 3.05) is 0 Å². The van der Waals surface area contributed by atoms with Gasteiger partial charge in [-0.25, -0.2) is 9.13 Å². The van der Waals surface area contributed by atoms with Crippen LogP contribution in [0.25, 0.3) is 0 Å². The second-order valence-corrected chi connectivity index (χ2v) is 4.95. The van der Waals surface area contributed by atoms with Gasteiger partial charge in [-0.2, -0.15) is 0 Å². The Bertz CT molecular complexity index is 310. The first kappa shape index (κ1) is 15.2. The summed E-state index contributed by atoms with van der Waals surface area (Å²) in [7, 11) is -10.7. The van der Waals surface area contributed by atoms with E-state index in [1.54, 1.807) is 0 Å². The van der Waals surface area contributed by atoms with Gasteiger partial charge in [0.15, 0.2) is 0 Å². The topological polar surface area (TPSA) is 8.81 Å². The maximum atomic E-state index is 9.87. The van der Waals surface area contributed by atoms with Gasteiger partial charge in [-0.3, -0.25) is 0 Å². The van der Waals surface area contributed by atoms with E-state index < -0.39 is 7.81 Å². The number of hydrogen-bond acceptors (Lipinski definition) is 0. The predicted molar refractivity (Wildman–Crippen MR) is 49.5 cm³/mol. The Balaban J connectivity index is 0.000000293. The van der Waals surface area contributed by atoms with Crippen molar-refractivity contribution in [3.05, 3.63) is 18.7 Å². The van der Waals surface area contributed by atoms with Crippen molar-refractivity contribution in [1.82, 2.24) is 4.57 Å². The predicted octanol–water partition coefficient (Wildman–Crippen LogP) is 4.20. The van der Waals surface area contributed by atoms with Crippen molar-refractivity contribution in [3.63, 3.8) is 0 Å². The van der Waals surface area contributed by atoms with Crippen LogP contribution in [0, 0.1) is 0 Å². The summed E-state index contributed by atoms with van der Waals surface area (Å²) in [6.07, 6.45) is 6.28. The van der Waals surface area contributed by atoms with Crippen LogP contribution in [-0.4, -0.2) is 4.57 Å². The van der Waals surface area contributed by atoms with Crippen molar-refractivity contribution >= 4 is 7.81 Å². The zero-order valence-electron chi connectivity index (χ0n) is 8.76. The van der Waals surface area contributed by atoms with Crippen LogP contribution < -0.4 is 4.57 Å². The van der Waals surface area contributed by atoms with E-state index in [-0.39, 0.29) is 0 Å². The zero-order chi connectivity index (χ0) is 13.1. The maximum absolute atomic E-state index is 10.7. The number of hydrogen-bond donors (Lipinski definition) is 0. The average Bonchev–Trinajstić information content (AvgIpc) is 2.45. The molecule has 0 radical (unpaired) electrons. The van der Waals surface area contributed by atoms with Crippen molar-refractivity contribution in [2.45, 2.75) is 26.9 Å². The molecule has 0 fully saturated rings.